The monoisotopic (exact) mass is 318 g/mol. The number of aryl methyl sites for hydroxylation is 1. The number of amides is 2. The molecule has 1 aromatic carbocycles. The van der Waals surface area contributed by atoms with Gasteiger partial charge in [0, 0.05) is 20.0 Å². The van der Waals surface area contributed by atoms with E-state index in [0.717, 1.165) is 12.8 Å². The van der Waals surface area contributed by atoms with Crippen molar-refractivity contribution in [1.82, 2.24) is 10.2 Å². The van der Waals surface area contributed by atoms with Crippen LogP contribution in [0.15, 0.2) is 24.3 Å². The number of carboxylic acid groups (broad SMARTS) is 1. The summed E-state index contributed by atoms with van der Waals surface area (Å²) in [5, 5.41) is 11.8. The minimum atomic E-state index is -0.991. The second kappa shape index (κ2) is 7.76. The van der Waals surface area contributed by atoms with Crippen molar-refractivity contribution in [3.8, 4) is 0 Å². The van der Waals surface area contributed by atoms with Crippen LogP contribution in [0.2, 0.25) is 0 Å². The number of nitrogens with zero attached hydrogens (tertiary/aromatic N) is 1. The molecule has 0 aliphatic carbocycles. The summed E-state index contributed by atoms with van der Waals surface area (Å²) in [7, 11) is 1.57. The zero-order valence-electron chi connectivity index (χ0n) is 13.2. The van der Waals surface area contributed by atoms with Crippen LogP contribution in [0.5, 0.6) is 0 Å². The van der Waals surface area contributed by atoms with Crippen LogP contribution in [0.25, 0.3) is 0 Å². The summed E-state index contributed by atoms with van der Waals surface area (Å²) in [5.74, 6) is -1.23. The van der Waals surface area contributed by atoms with Gasteiger partial charge >= 0.3 is 5.97 Å². The topological polar surface area (TPSA) is 86.7 Å². The third-order valence-corrected chi connectivity index (χ3v) is 4.23. The lowest BCUT2D eigenvalue weighted by Gasteiger charge is -2.34. The molecular formula is C17H22N2O4. The maximum Gasteiger partial charge on any atom is 0.335 e. The Morgan fingerprint density at radius 1 is 1.26 bits per heavy atom. The number of benzene rings is 1. The average molecular weight is 318 g/mol. The molecule has 6 heteroatoms. The van der Waals surface area contributed by atoms with Crippen LogP contribution in [0.3, 0.4) is 0 Å². The second-order valence-corrected chi connectivity index (χ2v) is 5.68. The number of likely N-dealkylation sites (N-methyl/N-ethyl adjacent to an activating group) is 1. The quantitative estimate of drug-likeness (QED) is 0.860. The van der Waals surface area contributed by atoms with Crippen LogP contribution >= 0.6 is 0 Å². The Morgan fingerprint density at radius 2 is 2.00 bits per heavy atom. The number of aromatic carboxylic acids is 1. The molecule has 0 saturated carbocycles. The molecule has 1 unspecified atom stereocenters. The first-order valence-corrected chi connectivity index (χ1v) is 7.87. The smallest absolute Gasteiger partial charge is 0.335 e. The highest BCUT2D eigenvalue weighted by Gasteiger charge is 2.31. The molecule has 2 N–H and O–H groups in total. The van der Waals surface area contributed by atoms with Crippen LogP contribution in [0, 0.1) is 0 Å². The largest absolute Gasteiger partial charge is 0.478 e. The zero-order chi connectivity index (χ0) is 16.8. The van der Waals surface area contributed by atoms with Crippen molar-refractivity contribution in [2.24, 2.45) is 0 Å². The van der Waals surface area contributed by atoms with E-state index < -0.39 is 12.0 Å². The number of carbonyl (C=O) groups is 3. The van der Waals surface area contributed by atoms with Gasteiger partial charge in [0.2, 0.25) is 11.8 Å². The van der Waals surface area contributed by atoms with Gasteiger partial charge in [-0.05, 0) is 37.3 Å². The first-order valence-electron chi connectivity index (χ1n) is 7.87. The predicted molar refractivity (Wildman–Crippen MR) is 85.1 cm³/mol. The van der Waals surface area contributed by atoms with Gasteiger partial charge in [-0.2, -0.15) is 0 Å². The number of rotatable bonds is 5. The van der Waals surface area contributed by atoms with Gasteiger partial charge in [0.15, 0.2) is 0 Å². The van der Waals surface area contributed by atoms with Gasteiger partial charge in [0.25, 0.3) is 0 Å². The Morgan fingerprint density at radius 3 is 2.70 bits per heavy atom. The summed E-state index contributed by atoms with van der Waals surface area (Å²) in [4.78, 5) is 37.2. The van der Waals surface area contributed by atoms with E-state index in [-0.39, 0.29) is 23.8 Å². The SMILES string of the molecule is CNC(=O)C1CCCCN1C(=O)CCc1ccccc1C(=O)O. The summed E-state index contributed by atoms with van der Waals surface area (Å²) >= 11 is 0. The Bertz CT molecular complexity index is 600. The highest BCUT2D eigenvalue weighted by atomic mass is 16.4. The molecule has 1 aliphatic heterocycles. The van der Waals surface area contributed by atoms with E-state index in [1.807, 2.05) is 0 Å². The van der Waals surface area contributed by atoms with Crippen molar-refractivity contribution in [2.75, 3.05) is 13.6 Å². The molecule has 2 rings (SSSR count). The fourth-order valence-electron chi connectivity index (χ4n) is 3.00. The van der Waals surface area contributed by atoms with E-state index in [1.165, 1.54) is 6.07 Å². The van der Waals surface area contributed by atoms with Crippen LogP contribution < -0.4 is 5.32 Å². The molecule has 1 heterocycles. The number of piperidine rings is 1. The standard InChI is InChI=1S/C17H22N2O4/c1-18-16(21)14-8-4-5-11-19(14)15(20)10-9-12-6-2-3-7-13(12)17(22)23/h2-3,6-7,14H,4-5,8-11H2,1H3,(H,18,21)(H,22,23). The maximum atomic E-state index is 12.5. The van der Waals surface area contributed by atoms with E-state index in [9.17, 15) is 19.5 Å². The number of hydrogen-bond acceptors (Lipinski definition) is 3. The molecule has 0 spiro atoms. The molecular weight excluding hydrogens is 296 g/mol. The number of nitrogens with one attached hydrogen (secondary N) is 1. The normalized spacial score (nSPS) is 17.6. The Kier molecular flexibility index (Phi) is 5.73. The maximum absolute atomic E-state index is 12.5. The highest BCUT2D eigenvalue weighted by Crippen LogP contribution is 2.19. The molecule has 1 fully saturated rings. The lowest BCUT2D eigenvalue weighted by atomic mass is 9.99. The zero-order valence-corrected chi connectivity index (χ0v) is 13.2. The van der Waals surface area contributed by atoms with Gasteiger partial charge in [-0.3, -0.25) is 9.59 Å². The Labute approximate surface area is 135 Å². The van der Waals surface area contributed by atoms with Crippen molar-refractivity contribution in [2.45, 2.75) is 38.1 Å². The molecule has 124 valence electrons. The van der Waals surface area contributed by atoms with Crippen molar-refractivity contribution in [3.05, 3.63) is 35.4 Å². The van der Waals surface area contributed by atoms with Crippen molar-refractivity contribution in [3.63, 3.8) is 0 Å². The first kappa shape index (κ1) is 17.0. The molecule has 1 saturated heterocycles. The van der Waals surface area contributed by atoms with Gasteiger partial charge in [-0.25, -0.2) is 4.79 Å². The summed E-state index contributed by atoms with van der Waals surface area (Å²) < 4.78 is 0. The van der Waals surface area contributed by atoms with Crippen LogP contribution in [0.1, 0.15) is 41.6 Å². The second-order valence-electron chi connectivity index (χ2n) is 5.68. The van der Waals surface area contributed by atoms with E-state index in [4.69, 9.17) is 0 Å². The number of hydrogen-bond donors (Lipinski definition) is 2. The van der Waals surface area contributed by atoms with Crippen molar-refractivity contribution in [1.29, 1.82) is 0 Å². The lowest BCUT2D eigenvalue weighted by molar-refractivity contribution is -0.142. The molecule has 2 amide bonds. The molecule has 1 aliphatic rings. The number of carboxylic acids is 1. The molecule has 0 radical (unpaired) electrons. The summed E-state index contributed by atoms with van der Waals surface area (Å²) in [6.07, 6.45) is 3.07. The van der Waals surface area contributed by atoms with Gasteiger partial charge in [-0.15, -0.1) is 0 Å². The molecule has 1 aromatic rings. The van der Waals surface area contributed by atoms with E-state index in [2.05, 4.69) is 5.32 Å². The third-order valence-electron chi connectivity index (χ3n) is 4.23. The van der Waals surface area contributed by atoms with E-state index in [0.29, 0.717) is 24.9 Å². The van der Waals surface area contributed by atoms with E-state index >= 15 is 0 Å². The van der Waals surface area contributed by atoms with Crippen LogP contribution in [-0.2, 0) is 16.0 Å². The highest BCUT2D eigenvalue weighted by molar-refractivity contribution is 5.90. The van der Waals surface area contributed by atoms with Gasteiger partial charge in [0.05, 0.1) is 5.56 Å². The minimum absolute atomic E-state index is 0.0986. The molecule has 0 bridgehead atoms. The minimum Gasteiger partial charge on any atom is -0.478 e. The average Bonchev–Trinajstić information content (AvgIpc) is 2.59. The number of carbonyl (C=O) groups excluding carboxylic acids is 2. The fourth-order valence-corrected chi connectivity index (χ4v) is 3.00. The fraction of sp³-hybridized carbons (Fsp3) is 0.471. The molecule has 0 aromatic heterocycles. The molecule has 1 atom stereocenters. The predicted octanol–water partition coefficient (Wildman–Crippen LogP) is 1.44. The van der Waals surface area contributed by atoms with Crippen molar-refractivity contribution >= 4 is 17.8 Å². The Hall–Kier alpha value is -2.37. The van der Waals surface area contributed by atoms with Gasteiger partial charge in [-0.1, -0.05) is 18.2 Å². The summed E-state index contributed by atoms with van der Waals surface area (Å²) in [6, 6.07) is 6.29. The van der Waals surface area contributed by atoms with E-state index in [1.54, 1.807) is 30.1 Å². The summed E-state index contributed by atoms with van der Waals surface area (Å²) in [6.45, 7) is 0.581. The number of likely N-dealkylation sites (tertiary alicyclic amines) is 1. The van der Waals surface area contributed by atoms with Crippen molar-refractivity contribution < 1.29 is 19.5 Å². The van der Waals surface area contributed by atoms with Gasteiger partial charge < -0.3 is 15.3 Å². The Balaban J connectivity index is 2.04. The van der Waals surface area contributed by atoms with Crippen LogP contribution in [-0.4, -0.2) is 47.4 Å². The molecule has 6 nitrogen and oxygen atoms in total. The van der Waals surface area contributed by atoms with Gasteiger partial charge in [0.1, 0.15) is 6.04 Å². The summed E-state index contributed by atoms with van der Waals surface area (Å²) in [5.41, 5.74) is 0.864. The molecule has 23 heavy (non-hydrogen) atoms. The first-order chi connectivity index (χ1) is 11.0. The van der Waals surface area contributed by atoms with Crippen LogP contribution in [0.4, 0.5) is 0 Å². The third kappa shape index (κ3) is 4.09. The lowest BCUT2D eigenvalue weighted by Crippen LogP contribution is -2.51.